The van der Waals surface area contributed by atoms with Crippen molar-refractivity contribution in [2.45, 2.75) is 37.1 Å². The number of fused-ring (bicyclic) bond motifs is 4. The van der Waals surface area contributed by atoms with Gasteiger partial charge >= 0.3 is 5.97 Å². The predicted molar refractivity (Wildman–Crippen MR) is 45.3 cm³/mol. The van der Waals surface area contributed by atoms with E-state index in [1.165, 1.54) is 0 Å². The normalized spacial score (nSPS) is 40.6. The highest BCUT2D eigenvalue weighted by molar-refractivity contribution is 5.79. The minimum Gasteiger partial charge on any atom is -0.480 e. The zero-order chi connectivity index (χ0) is 10.4. The number of carboxylic acid groups (broad SMARTS) is 1. The lowest BCUT2D eigenvalue weighted by Gasteiger charge is -2.34. The number of hydrogen-bond acceptors (Lipinski definition) is 2. The topological polar surface area (TPSA) is 49.3 Å². The number of halogens is 2. The van der Waals surface area contributed by atoms with Crippen LogP contribution < -0.4 is 5.32 Å². The smallest absolute Gasteiger partial charge is 0.323 e. The van der Waals surface area contributed by atoms with Crippen LogP contribution in [-0.2, 0) is 4.79 Å². The van der Waals surface area contributed by atoms with Crippen molar-refractivity contribution in [1.82, 2.24) is 5.32 Å². The van der Waals surface area contributed by atoms with Crippen LogP contribution >= 0.6 is 0 Å². The molecule has 1 aliphatic carbocycles. The van der Waals surface area contributed by atoms with Gasteiger partial charge in [-0.1, -0.05) is 0 Å². The molecule has 5 heteroatoms. The first-order valence-electron chi connectivity index (χ1n) is 4.83. The summed E-state index contributed by atoms with van der Waals surface area (Å²) < 4.78 is 26.7. The third kappa shape index (κ3) is 1.30. The average molecular weight is 205 g/mol. The summed E-state index contributed by atoms with van der Waals surface area (Å²) in [6.45, 7) is 0.124. The van der Waals surface area contributed by atoms with Crippen molar-refractivity contribution >= 4 is 5.97 Å². The Morgan fingerprint density at radius 3 is 2.57 bits per heavy atom. The van der Waals surface area contributed by atoms with Gasteiger partial charge in [-0.05, 0) is 19.3 Å². The van der Waals surface area contributed by atoms with E-state index in [2.05, 4.69) is 5.32 Å². The van der Waals surface area contributed by atoms with Crippen molar-refractivity contribution in [3.05, 3.63) is 0 Å². The molecular formula is C9H13F2NO2. The molecule has 0 spiro atoms. The molecule has 2 saturated heterocycles. The van der Waals surface area contributed by atoms with Crippen LogP contribution in [0.3, 0.4) is 0 Å². The van der Waals surface area contributed by atoms with Crippen LogP contribution in [0.15, 0.2) is 0 Å². The Hall–Kier alpha value is -0.710. The van der Waals surface area contributed by atoms with E-state index < -0.39 is 23.3 Å². The number of carboxylic acids is 1. The van der Waals surface area contributed by atoms with Gasteiger partial charge in [-0.25, -0.2) is 8.78 Å². The number of rotatable bonds is 1. The van der Waals surface area contributed by atoms with Crippen molar-refractivity contribution in [2.24, 2.45) is 5.92 Å². The molecule has 1 unspecified atom stereocenters. The molecule has 3 fully saturated rings. The lowest BCUT2D eigenvalue weighted by atomic mass is 9.86. The maximum absolute atomic E-state index is 13.4. The number of aliphatic carboxylic acids is 1. The van der Waals surface area contributed by atoms with Crippen LogP contribution in [0.1, 0.15) is 25.7 Å². The Morgan fingerprint density at radius 1 is 1.36 bits per heavy atom. The average Bonchev–Trinajstić information content (AvgIpc) is 2.34. The number of nitrogens with one attached hydrogen (secondary N) is 1. The van der Waals surface area contributed by atoms with Gasteiger partial charge in [0, 0.05) is 18.9 Å². The fourth-order valence-corrected chi connectivity index (χ4v) is 2.38. The molecule has 2 bridgehead atoms. The van der Waals surface area contributed by atoms with Gasteiger partial charge in [-0.15, -0.1) is 0 Å². The molecule has 3 aliphatic rings. The molecule has 3 nitrogen and oxygen atoms in total. The Balaban J connectivity index is 2.25. The lowest BCUT2D eigenvalue weighted by Crippen LogP contribution is -2.55. The van der Waals surface area contributed by atoms with Gasteiger partial charge in [0.05, 0.1) is 0 Å². The summed E-state index contributed by atoms with van der Waals surface area (Å²) in [5.74, 6) is -4.37. The van der Waals surface area contributed by atoms with E-state index in [1.807, 2.05) is 0 Å². The van der Waals surface area contributed by atoms with E-state index in [0.29, 0.717) is 12.8 Å². The highest BCUT2D eigenvalue weighted by Crippen LogP contribution is 2.43. The van der Waals surface area contributed by atoms with Crippen LogP contribution in [0, 0.1) is 5.92 Å². The van der Waals surface area contributed by atoms with E-state index in [1.54, 1.807) is 0 Å². The predicted octanol–water partition coefficient (Wildman–Crippen LogP) is 1.24. The largest absolute Gasteiger partial charge is 0.480 e. The van der Waals surface area contributed by atoms with Gasteiger partial charge in [-0.3, -0.25) is 4.79 Å². The second-order valence-electron chi connectivity index (χ2n) is 4.26. The van der Waals surface area contributed by atoms with Crippen LogP contribution in [0.4, 0.5) is 8.78 Å². The first-order chi connectivity index (χ1) is 6.46. The third-order valence-corrected chi connectivity index (χ3v) is 3.50. The fourth-order valence-electron chi connectivity index (χ4n) is 2.38. The SMILES string of the molecule is O=C(O)C12CC[C@@H](CN1)C(F)(F)CC2. The van der Waals surface area contributed by atoms with E-state index in [-0.39, 0.29) is 19.4 Å². The van der Waals surface area contributed by atoms with Gasteiger partial charge in [0.25, 0.3) is 5.92 Å². The monoisotopic (exact) mass is 205 g/mol. The molecule has 2 atom stereocenters. The first-order valence-corrected chi connectivity index (χ1v) is 4.83. The summed E-state index contributed by atoms with van der Waals surface area (Å²) in [6, 6.07) is 0. The van der Waals surface area contributed by atoms with Crippen molar-refractivity contribution in [1.29, 1.82) is 0 Å². The number of alkyl halides is 2. The van der Waals surface area contributed by atoms with E-state index in [4.69, 9.17) is 5.11 Å². The maximum Gasteiger partial charge on any atom is 0.323 e. The third-order valence-electron chi connectivity index (χ3n) is 3.50. The molecule has 0 amide bonds. The summed E-state index contributed by atoms with van der Waals surface area (Å²) in [6.07, 6.45) is 0.359. The van der Waals surface area contributed by atoms with Gasteiger partial charge in [0.1, 0.15) is 5.54 Å². The maximum atomic E-state index is 13.4. The Kier molecular flexibility index (Phi) is 2.03. The molecule has 2 aliphatic heterocycles. The minimum atomic E-state index is -2.69. The molecular weight excluding hydrogens is 192 g/mol. The zero-order valence-corrected chi connectivity index (χ0v) is 7.72. The van der Waals surface area contributed by atoms with E-state index in [9.17, 15) is 13.6 Å². The van der Waals surface area contributed by atoms with Crippen molar-refractivity contribution in [3.8, 4) is 0 Å². The second kappa shape index (κ2) is 2.89. The first kappa shape index (κ1) is 9.83. The molecule has 2 heterocycles. The highest BCUT2D eigenvalue weighted by Gasteiger charge is 2.53. The molecule has 3 rings (SSSR count). The molecule has 2 N–H and O–H groups in total. The van der Waals surface area contributed by atoms with Crippen LogP contribution in [0.2, 0.25) is 0 Å². The lowest BCUT2D eigenvalue weighted by molar-refractivity contribution is -0.146. The van der Waals surface area contributed by atoms with Crippen LogP contribution in [0.5, 0.6) is 0 Å². The Labute approximate surface area is 80.5 Å². The second-order valence-corrected chi connectivity index (χ2v) is 4.26. The highest BCUT2D eigenvalue weighted by atomic mass is 19.3. The summed E-state index contributed by atoms with van der Waals surface area (Å²) in [7, 11) is 0. The molecule has 0 aromatic heterocycles. The van der Waals surface area contributed by atoms with Crippen molar-refractivity contribution in [3.63, 3.8) is 0 Å². The number of carbonyl (C=O) groups is 1. The van der Waals surface area contributed by atoms with Crippen LogP contribution in [-0.4, -0.2) is 29.1 Å². The molecule has 14 heavy (non-hydrogen) atoms. The van der Waals surface area contributed by atoms with E-state index in [0.717, 1.165) is 0 Å². The van der Waals surface area contributed by atoms with Gasteiger partial charge in [0.2, 0.25) is 0 Å². The molecule has 0 aromatic carbocycles. The quantitative estimate of drug-likeness (QED) is 0.677. The fraction of sp³-hybridized carbons (Fsp3) is 0.889. The number of hydrogen-bond donors (Lipinski definition) is 2. The summed E-state index contributed by atoms with van der Waals surface area (Å²) in [4.78, 5) is 11.0. The van der Waals surface area contributed by atoms with Crippen molar-refractivity contribution < 1.29 is 18.7 Å². The zero-order valence-electron chi connectivity index (χ0n) is 7.72. The summed E-state index contributed by atoms with van der Waals surface area (Å²) >= 11 is 0. The van der Waals surface area contributed by atoms with Gasteiger partial charge in [0.15, 0.2) is 0 Å². The summed E-state index contributed by atoms with van der Waals surface area (Å²) in [5, 5.41) is 11.8. The summed E-state index contributed by atoms with van der Waals surface area (Å²) in [5.41, 5.74) is -1.09. The Bertz CT molecular complexity index is 260. The minimum absolute atomic E-state index is 0.0336. The standard InChI is InChI=1S/C9H13F2NO2/c10-9(11)4-3-8(7(13)14)2-1-6(9)5-12-8/h6,12H,1-5H2,(H,13,14)/t6-,8?/m0/s1. The molecule has 80 valence electrons. The number of piperidine rings is 1. The van der Waals surface area contributed by atoms with Gasteiger partial charge in [-0.2, -0.15) is 0 Å². The van der Waals surface area contributed by atoms with Crippen LogP contribution in [0.25, 0.3) is 0 Å². The molecule has 1 saturated carbocycles. The Morgan fingerprint density at radius 2 is 2.07 bits per heavy atom. The van der Waals surface area contributed by atoms with Gasteiger partial charge < -0.3 is 10.4 Å². The molecule has 0 radical (unpaired) electrons. The van der Waals surface area contributed by atoms with Crippen molar-refractivity contribution in [2.75, 3.05) is 6.54 Å². The van der Waals surface area contributed by atoms with E-state index >= 15 is 0 Å². The molecule has 0 aromatic rings.